The van der Waals surface area contributed by atoms with E-state index in [4.69, 9.17) is 4.74 Å². The Balaban J connectivity index is 2.09. The first-order chi connectivity index (χ1) is 7.36. The lowest BCUT2D eigenvalue weighted by atomic mass is 9.99. The summed E-state index contributed by atoms with van der Waals surface area (Å²) in [6.07, 6.45) is 4.79. The molecular weight excluding hydrogens is 190 g/mol. The topological polar surface area (TPSA) is 32.7 Å². The van der Waals surface area contributed by atoms with Crippen molar-refractivity contribution in [1.29, 1.82) is 0 Å². The highest BCUT2D eigenvalue weighted by atomic mass is 16.5. The lowest BCUT2D eigenvalue weighted by Crippen LogP contribution is -2.37. The first-order valence-electron chi connectivity index (χ1n) is 6.27. The average Bonchev–Trinajstić information content (AvgIpc) is 2.31. The van der Waals surface area contributed by atoms with Crippen LogP contribution in [0.2, 0.25) is 0 Å². The Morgan fingerprint density at radius 1 is 1.27 bits per heavy atom. The minimum Gasteiger partial charge on any atom is -0.396 e. The van der Waals surface area contributed by atoms with E-state index in [9.17, 15) is 5.11 Å². The molecule has 1 rings (SSSR count). The summed E-state index contributed by atoms with van der Waals surface area (Å²) >= 11 is 0. The standard InChI is InChI=1S/C12H25NO2/c1-2-3-4-12(11-14)5-6-13-7-9-15-10-8-13/h12,14H,2-11H2,1H3/t12-/m1/s1. The summed E-state index contributed by atoms with van der Waals surface area (Å²) in [5, 5.41) is 9.24. The van der Waals surface area contributed by atoms with Gasteiger partial charge < -0.3 is 9.84 Å². The van der Waals surface area contributed by atoms with E-state index in [1.165, 1.54) is 19.3 Å². The minimum atomic E-state index is 0.352. The molecule has 1 heterocycles. The molecule has 0 aromatic heterocycles. The van der Waals surface area contributed by atoms with Gasteiger partial charge in [0.1, 0.15) is 0 Å². The minimum absolute atomic E-state index is 0.352. The summed E-state index contributed by atoms with van der Waals surface area (Å²) in [6, 6.07) is 0. The van der Waals surface area contributed by atoms with Crippen LogP contribution in [0, 0.1) is 5.92 Å². The largest absolute Gasteiger partial charge is 0.396 e. The van der Waals surface area contributed by atoms with Crippen molar-refractivity contribution in [2.75, 3.05) is 39.5 Å². The zero-order valence-electron chi connectivity index (χ0n) is 9.95. The van der Waals surface area contributed by atoms with Crippen molar-refractivity contribution in [3.8, 4) is 0 Å². The molecular formula is C12H25NO2. The van der Waals surface area contributed by atoms with Crippen LogP contribution in [0.1, 0.15) is 32.6 Å². The fourth-order valence-electron chi connectivity index (χ4n) is 2.01. The second-order valence-electron chi connectivity index (χ2n) is 4.43. The quantitative estimate of drug-likeness (QED) is 0.698. The van der Waals surface area contributed by atoms with Crippen LogP contribution in [-0.2, 0) is 4.74 Å². The lowest BCUT2D eigenvalue weighted by molar-refractivity contribution is 0.0336. The van der Waals surface area contributed by atoms with Gasteiger partial charge in [-0.15, -0.1) is 0 Å². The summed E-state index contributed by atoms with van der Waals surface area (Å²) in [4.78, 5) is 2.44. The van der Waals surface area contributed by atoms with E-state index >= 15 is 0 Å². The Morgan fingerprint density at radius 3 is 2.60 bits per heavy atom. The molecule has 90 valence electrons. The number of hydrogen-bond acceptors (Lipinski definition) is 3. The van der Waals surface area contributed by atoms with E-state index in [2.05, 4.69) is 11.8 Å². The molecule has 1 aliphatic heterocycles. The molecule has 0 saturated carbocycles. The second-order valence-corrected chi connectivity index (χ2v) is 4.43. The van der Waals surface area contributed by atoms with E-state index in [0.717, 1.165) is 39.3 Å². The molecule has 0 amide bonds. The highest BCUT2D eigenvalue weighted by molar-refractivity contribution is 4.65. The fourth-order valence-corrected chi connectivity index (χ4v) is 2.01. The average molecular weight is 215 g/mol. The van der Waals surface area contributed by atoms with Crippen LogP contribution in [0.3, 0.4) is 0 Å². The molecule has 1 aliphatic rings. The van der Waals surface area contributed by atoms with Gasteiger partial charge in [0.05, 0.1) is 13.2 Å². The van der Waals surface area contributed by atoms with Crippen LogP contribution in [0.5, 0.6) is 0 Å². The molecule has 0 radical (unpaired) electrons. The monoisotopic (exact) mass is 215 g/mol. The van der Waals surface area contributed by atoms with Crippen molar-refractivity contribution in [3.63, 3.8) is 0 Å². The highest BCUT2D eigenvalue weighted by Gasteiger charge is 2.13. The molecule has 0 unspecified atom stereocenters. The van der Waals surface area contributed by atoms with Crippen molar-refractivity contribution in [1.82, 2.24) is 4.90 Å². The molecule has 0 aromatic rings. The summed E-state index contributed by atoms with van der Waals surface area (Å²) in [7, 11) is 0. The second kappa shape index (κ2) is 8.08. The van der Waals surface area contributed by atoms with Gasteiger partial charge in [-0.2, -0.15) is 0 Å². The van der Waals surface area contributed by atoms with Crippen LogP contribution in [0.25, 0.3) is 0 Å². The third kappa shape index (κ3) is 5.50. The SMILES string of the molecule is CCCC[C@@H](CO)CCN1CCOCC1. The number of aliphatic hydroxyl groups is 1. The molecule has 3 heteroatoms. The molecule has 1 atom stereocenters. The Morgan fingerprint density at radius 2 is 2.00 bits per heavy atom. The number of nitrogens with zero attached hydrogens (tertiary/aromatic N) is 1. The third-order valence-electron chi connectivity index (χ3n) is 3.18. The molecule has 0 bridgehead atoms. The van der Waals surface area contributed by atoms with E-state index in [0.29, 0.717) is 12.5 Å². The number of unbranched alkanes of at least 4 members (excludes halogenated alkanes) is 1. The molecule has 15 heavy (non-hydrogen) atoms. The molecule has 0 spiro atoms. The summed E-state index contributed by atoms with van der Waals surface area (Å²) in [6.45, 7) is 7.55. The van der Waals surface area contributed by atoms with Gasteiger partial charge in [0.15, 0.2) is 0 Å². The maximum Gasteiger partial charge on any atom is 0.0594 e. The lowest BCUT2D eigenvalue weighted by Gasteiger charge is -2.27. The van der Waals surface area contributed by atoms with Crippen molar-refractivity contribution in [2.45, 2.75) is 32.6 Å². The summed E-state index contributed by atoms with van der Waals surface area (Å²) < 4.78 is 5.31. The summed E-state index contributed by atoms with van der Waals surface area (Å²) in [5.74, 6) is 0.507. The van der Waals surface area contributed by atoms with Crippen LogP contribution >= 0.6 is 0 Å². The van der Waals surface area contributed by atoms with Gasteiger partial charge >= 0.3 is 0 Å². The van der Waals surface area contributed by atoms with Gasteiger partial charge in [-0.1, -0.05) is 19.8 Å². The first kappa shape index (κ1) is 12.9. The van der Waals surface area contributed by atoms with Gasteiger partial charge in [0.2, 0.25) is 0 Å². The van der Waals surface area contributed by atoms with Crippen LogP contribution < -0.4 is 0 Å². The van der Waals surface area contributed by atoms with Gasteiger partial charge in [-0.05, 0) is 25.3 Å². The summed E-state index contributed by atoms with van der Waals surface area (Å²) in [5.41, 5.74) is 0. The molecule has 0 aliphatic carbocycles. The Hall–Kier alpha value is -0.120. The smallest absolute Gasteiger partial charge is 0.0594 e. The maximum atomic E-state index is 9.24. The zero-order valence-corrected chi connectivity index (χ0v) is 9.95. The van der Waals surface area contributed by atoms with Gasteiger partial charge in [0, 0.05) is 19.7 Å². The molecule has 3 nitrogen and oxygen atoms in total. The molecule has 0 aromatic carbocycles. The van der Waals surface area contributed by atoms with E-state index in [-0.39, 0.29) is 0 Å². The van der Waals surface area contributed by atoms with E-state index in [1.807, 2.05) is 0 Å². The van der Waals surface area contributed by atoms with Gasteiger partial charge in [-0.25, -0.2) is 0 Å². The number of hydrogen-bond donors (Lipinski definition) is 1. The van der Waals surface area contributed by atoms with Gasteiger partial charge in [0.25, 0.3) is 0 Å². The number of morpholine rings is 1. The first-order valence-corrected chi connectivity index (χ1v) is 6.27. The van der Waals surface area contributed by atoms with Crippen molar-refractivity contribution in [3.05, 3.63) is 0 Å². The Bertz CT molecular complexity index is 147. The van der Waals surface area contributed by atoms with Crippen molar-refractivity contribution < 1.29 is 9.84 Å². The predicted octanol–water partition coefficient (Wildman–Crippen LogP) is 1.51. The van der Waals surface area contributed by atoms with E-state index < -0.39 is 0 Å². The third-order valence-corrected chi connectivity index (χ3v) is 3.18. The van der Waals surface area contributed by atoms with Gasteiger partial charge in [-0.3, -0.25) is 4.90 Å². The molecule has 1 N–H and O–H groups in total. The number of ether oxygens (including phenoxy) is 1. The Labute approximate surface area is 93.4 Å². The number of aliphatic hydroxyl groups excluding tert-OH is 1. The molecule has 1 saturated heterocycles. The van der Waals surface area contributed by atoms with Crippen molar-refractivity contribution >= 4 is 0 Å². The van der Waals surface area contributed by atoms with Crippen LogP contribution in [0.15, 0.2) is 0 Å². The Kier molecular flexibility index (Phi) is 6.98. The highest BCUT2D eigenvalue weighted by Crippen LogP contribution is 2.13. The molecule has 1 fully saturated rings. The zero-order chi connectivity index (χ0) is 10.9. The fraction of sp³-hybridized carbons (Fsp3) is 1.00. The predicted molar refractivity (Wildman–Crippen MR) is 62.0 cm³/mol. The normalized spacial score (nSPS) is 20.4. The number of rotatable bonds is 7. The van der Waals surface area contributed by atoms with Crippen molar-refractivity contribution in [2.24, 2.45) is 5.92 Å². The van der Waals surface area contributed by atoms with E-state index in [1.54, 1.807) is 0 Å². The van der Waals surface area contributed by atoms with Crippen LogP contribution in [0.4, 0.5) is 0 Å². The van der Waals surface area contributed by atoms with Crippen LogP contribution in [-0.4, -0.2) is 49.5 Å². The maximum absolute atomic E-state index is 9.24.